The molecule has 2 saturated heterocycles. The largest absolute Gasteiger partial charge is 0.421 e. The molecule has 0 aliphatic carbocycles. The number of fused-ring (bicyclic) bond motifs is 2. The lowest BCUT2D eigenvalue weighted by molar-refractivity contribution is 0.558. The number of pyridine rings is 1. The zero-order chi connectivity index (χ0) is 25.0. The van der Waals surface area contributed by atoms with Crippen LogP contribution in [0.5, 0.6) is 0 Å². The number of nitrogens with zero attached hydrogens (tertiary/aromatic N) is 5. The quantitative estimate of drug-likeness (QED) is 0.332. The van der Waals surface area contributed by atoms with Crippen molar-refractivity contribution in [3.05, 3.63) is 39.5 Å². The van der Waals surface area contributed by atoms with Crippen molar-refractivity contribution in [2.24, 2.45) is 11.5 Å². The predicted octanol–water partition coefficient (Wildman–Crippen LogP) is 2.90. The lowest BCUT2D eigenvalue weighted by atomic mass is 10.3. The van der Waals surface area contributed by atoms with E-state index in [-0.39, 0.29) is 12.1 Å². The highest BCUT2D eigenvalue weighted by Gasteiger charge is 2.27. The Hall–Kier alpha value is -2.86. The summed E-state index contributed by atoms with van der Waals surface area (Å²) in [5.41, 5.74) is 15.3. The number of hydrogen-bond donors (Lipinski definition) is 3. The Kier molecular flexibility index (Phi) is 6.03. The van der Waals surface area contributed by atoms with Crippen LogP contribution in [0.2, 0.25) is 5.02 Å². The minimum atomic E-state index is -0.416. The van der Waals surface area contributed by atoms with Crippen LogP contribution in [0.3, 0.4) is 0 Å². The fourth-order valence-corrected chi connectivity index (χ4v) is 6.10. The van der Waals surface area contributed by atoms with E-state index >= 15 is 0 Å². The molecule has 0 unspecified atom stereocenters. The number of halogens is 1. The summed E-state index contributed by atoms with van der Waals surface area (Å²) < 4.78 is 5.51. The first-order valence-corrected chi connectivity index (χ1v) is 13.3. The first-order chi connectivity index (χ1) is 17.4. The van der Waals surface area contributed by atoms with Gasteiger partial charge in [0.25, 0.3) is 0 Å². The van der Waals surface area contributed by atoms with Crippen molar-refractivity contribution in [1.82, 2.24) is 19.9 Å². The van der Waals surface area contributed by atoms with E-state index in [9.17, 15) is 4.79 Å². The van der Waals surface area contributed by atoms with Crippen LogP contribution in [0, 0.1) is 0 Å². The molecule has 188 valence electrons. The van der Waals surface area contributed by atoms with Gasteiger partial charge in [-0.15, -0.1) is 0 Å². The summed E-state index contributed by atoms with van der Waals surface area (Å²) in [5.74, 6) is 0.782. The summed E-state index contributed by atoms with van der Waals surface area (Å²) in [6.07, 6.45) is 4.29. The number of hydrogen-bond acceptors (Lipinski definition) is 10. The van der Waals surface area contributed by atoms with Crippen molar-refractivity contribution in [2.75, 3.05) is 36.0 Å². The molecule has 5 N–H and O–H groups in total. The molecule has 2 atom stereocenters. The fraction of sp³-hybridized carbons (Fsp3) is 0.417. The molecule has 2 aliphatic heterocycles. The molecule has 2 fully saturated rings. The van der Waals surface area contributed by atoms with Crippen LogP contribution in [-0.2, 0) is 6.42 Å². The third-order valence-corrected chi connectivity index (χ3v) is 8.05. The zero-order valence-electron chi connectivity index (χ0n) is 19.8. The standard InChI is InChI=1S/C24H27ClN8O2S/c1-2-15-20(25)19-22(29-15)30-24(31-23(19)33-6-4-13(27)11-33)36-14-7-17-21(28-9-14)16(8-18(34)35-17)32-5-3-12(26)10-32/h7-9,12-13H,2-6,10-11,26-27H2,1H3,(H,29,30,31)/t12-,13+/m0/s1. The zero-order valence-corrected chi connectivity index (χ0v) is 21.4. The van der Waals surface area contributed by atoms with E-state index in [0.717, 1.165) is 59.8 Å². The van der Waals surface area contributed by atoms with Gasteiger partial charge in [0.2, 0.25) is 0 Å². The SMILES string of the molecule is CCc1[nH]c2nc(Sc3cnc4c(N5CC[C@H](N)C5)cc(=O)oc4c3)nc(N3CC[C@@H](N)C3)c2c1Cl. The van der Waals surface area contributed by atoms with Crippen LogP contribution < -0.4 is 26.9 Å². The van der Waals surface area contributed by atoms with E-state index in [1.165, 1.54) is 17.8 Å². The van der Waals surface area contributed by atoms with Gasteiger partial charge in [0.15, 0.2) is 10.7 Å². The van der Waals surface area contributed by atoms with Crippen molar-refractivity contribution >= 4 is 57.0 Å². The first-order valence-electron chi connectivity index (χ1n) is 12.1. The molecular weight excluding hydrogens is 500 g/mol. The minimum Gasteiger partial charge on any atom is -0.421 e. The molecule has 0 aromatic carbocycles. The second kappa shape index (κ2) is 9.22. The van der Waals surface area contributed by atoms with Crippen molar-refractivity contribution < 1.29 is 4.42 Å². The van der Waals surface area contributed by atoms with E-state index in [1.54, 1.807) is 6.20 Å². The Morgan fingerprint density at radius 2 is 1.92 bits per heavy atom. The summed E-state index contributed by atoms with van der Waals surface area (Å²) in [4.78, 5) is 35.0. The smallest absolute Gasteiger partial charge is 0.338 e. The second-order valence-corrected chi connectivity index (χ2v) is 10.8. The van der Waals surface area contributed by atoms with E-state index < -0.39 is 5.63 Å². The fourth-order valence-electron chi connectivity index (χ4n) is 4.99. The summed E-state index contributed by atoms with van der Waals surface area (Å²) in [7, 11) is 0. The van der Waals surface area contributed by atoms with Gasteiger partial charge in [-0.2, -0.15) is 0 Å². The Morgan fingerprint density at radius 3 is 2.61 bits per heavy atom. The predicted molar refractivity (Wildman–Crippen MR) is 142 cm³/mol. The molecule has 10 nitrogen and oxygen atoms in total. The van der Waals surface area contributed by atoms with Crippen LogP contribution in [0.25, 0.3) is 22.1 Å². The number of rotatable bonds is 5. The Labute approximate surface area is 216 Å². The Morgan fingerprint density at radius 1 is 1.17 bits per heavy atom. The third-order valence-electron chi connectivity index (χ3n) is 6.81. The Balaban J connectivity index is 1.39. The van der Waals surface area contributed by atoms with E-state index in [4.69, 9.17) is 37.5 Å². The Bertz CT molecular complexity index is 1520. The van der Waals surface area contributed by atoms with Gasteiger partial charge in [-0.1, -0.05) is 18.5 Å². The number of aromatic nitrogens is 4. The van der Waals surface area contributed by atoms with Gasteiger partial charge in [0.1, 0.15) is 17.0 Å². The molecule has 0 saturated carbocycles. The minimum absolute atomic E-state index is 0.0864. The van der Waals surface area contributed by atoms with Crippen LogP contribution in [0.1, 0.15) is 25.5 Å². The van der Waals surface area contributed by atoms with Crippen molar-refractivity contribution in [3.63, 3.8) is 0 Å². The molecule has 0 spiro atoms. The lowest BCUT2D eigenvalue weighted by Crippen LogP contribution is -2.27. The second-order valence-electron chi connectivity index (χ2n) is 9.38. The van der Waals surface area contributed by atoms with E-state index in [0.29, 0.717) is 40.0 Å². The van der Waals surface area contributed by atoms with Gasteiger partial charge < -0.3 is 30.7 Å². The molecule has 0 amide bonds. The molecule has 0 bridgehead atoms. The summed E-state index contributed by atoms with van der Waals surface area (Å²) in [6, 6.07) is 3.49. The number of H-pyrrole nitrogens is 1. The number of anilines is 2. The molecule has 6 heterocycles. The van der Waals surface area contributed by atoms with Crippen LogP contribution in [0.4, 0.5) is 11.5 Å². The van der Waals surface area contributed by atoms with Crippen LogP contribution in [-0.4, -0.2) is 58.2 Å². The first kappa shape index (κ1) is 23.5. The molecule has 6 rings (SSSR count). The van der Waals surface area contributed by atoms with Gasteiger partial charge >= 0.3 is 5.63 Å². The summed E-state index contributed by atoms with van der Waals surface area (Å²) in [5, 5.41) is 2.02. The maximum absolute atomic E-state index is 12.3. The van der Waals surface area contributed by atoms with Crippen molar-refractivity contribution in [1.29, 1.82) is 0 Å². The number of aryl methyl sites for hydroxylation is 1. The molecule has 2 aliphatic rings. The number of aromatic amines is 1. The van der Waals surface area contributed by atoms with Gasteiger partial charge in [-0.05, 0) is 37.1 Å². The topological polar surface area (TPSA) is 143 Å². The van der Waals surface area contributed by atoms with Gasteiger partial charge in [-0.25, -0.2) is 19.7 Å². The van der Waals surface area contributed by atoms with Gasteiger partial charge in [-0.3, -0.25) is 0 Å². The highest BCUT2D eigenvalue weighted by Crippen LogP contribution is 2.38. The molecule has 12 heteroatoms. The van der Waals surface area contributed by atoms with Gasteiger partial charge in [0.05, 0.1) is 16.1 Å². The normalized spacial score (nSPS) is 20.3. The monoisotopic (exact) mass is 526 g/mol. The average Bonchev–Trinajstić information content (AvgIpc) is 3.56. The van der Waals surface area contributed by atoms with Crippen LogP contribution >= 0.6 is 23.4 Å². The van der Waals surface area contributed by atoms with Crippen molar-refractivity contribution in [2.45, 2.75) is 48.3 Å². The third kappa shape index (κ3) is 4.19. The molecule has 4 aromatic rings. The number of nitrogens with one attached hydrogen (secondary N) is 1. The highest BCUT2D eigenvalue weighted by molar-refractivity contribution is 7.99. The van der Waals surface area contributed by atoms with Gasteiger partial charge in [0, 0.05) is 61.1 Å². The lowest BCUT2D eigenvalue weighted by Gasteiger charge is -2.19. The van der Waals surface area contributed by atoms with Crippen molar-refractivity contribution in [3.8, 4) is 0 Å². The number of nitrogens with two attached hydrogens (primary N) is 2. The van der Waals surface area contributed by atoms with E-state index in [1.807, 2.05) is 13.0 Å². The maximum Gasteiger partial charge on any atom is 0.338 e. The summed E-state index contributed by atoms with van der Waals surface area (Å²) in [6.45, 7) is 5.04. The molecule has 0 radical (unpaired) electrons. The maximum atomic E-state index is 12.3. The van der Waals surface area contributed by atoms with E-state index in [2.05, 4.69) is 19.8 Å². The molecular formula is C24H27ClN8O2S. The summed E-state index contributed by atoms with van der Waals surface area (Å²) >= 11 is 8.06. The molecule has 36 heavy (non-hydrogen) atoms. The van der Waals surface area contributed by atoms with Crippen LogP contribution in [0.15, 0.2) is 37.6 Å². The molecule has 4 aromatic heterocycles. The average molecular weight is 527 g/mol. The highest BCUT2D eigenvalue weighted by atomic mass is 35.5.